The molecule has 96 valence electrons. The number of hydrogen-bond acceptors (Lipinski definition) is 5. The molecule has 0 atom stereocenters. The molecule has 0 fully saturated rings. The monoisotopic (exact) mass is 247 g/mol. The van der Waals surface area contributed by atoms with E-state index in [1.807, 2.05) is 31.6 Å². The Morgan fingerprint density at radius 1 is 1.39 bits per heavy atom. The largest absolute Gasteiger partial charge is 0.478 e. The predicted molar refractivity (Wildman–Crippen MR) is 68.5 cm³/mol. The molecule has 0 radical (unpaired) electrons. The minimum absolute atomic E-state index is 0.596. The van der Waals surface area contributed by atoms with Gasteiger partial charge in [0, 0.05) is 13.2 Å². The van der Waals surface area contributed by atoms with E-state index in [2.05, 4.69) is 20.4 Å². The van der Waals surface area contributed by atoms with E-state index in [0.717, 1.165) is 17.1 Å². The average molecular weight is 247 g/mol. The number of hydrogen-bond donors (Lipinski definition) is 1. The van der Waals surface area contributed by atoms with Gasteiger partial charge in [-0.05, 0) is 19.9 Å². The van der Waals surface area contributed by atoms with Gasteiger partial charge in [0.2, 0.25) is 5.88 Å². The summed E-state index contributed by atoms with van der Waals surface area (Å²) >= 11 is 0. The quantitative estimate of drug-likeness (QED) is 0.868. The fourth-order valence-electron chi connectivity index (χ4n) is 1.64. The van der Waals surface area contributed by atoms with Crippen LogP contribution < -0.4 is 10.1 Å². The summed E-state index contributed by atoms with van der Waals surface area (Å²) in [6.45, 7) is 5.14. The van der Waals surface area contributed by atoms with Crippen LogP contribution in [0.5, 0.6) is 5.88 Å². The molecule has 0 saturated carbocycles. The number of nitrogens with zero attached hydrogens (tertiary/aromatic N) is 4. The van der Waals surface area contributed by atoms with Crippen molar-refractivity contribution in [1.82, 2.24) is 19.7 Å². The van der Waals surface area contributed by atoms with Gasteiger partial charge in [-0.25, -0.2) is 9.97 Å². The standard InChI is InChI=1S/C12H17N5O/c1-4-18-12-9(2)11(14-8-15-12)13-7-10-5-6-16-17(10)3/h5-6,8H,4,7H2,1-3H3,(H,13,14,15). The molecule has 18 heavy (non-hydrogen) atoms. The van der Waals surface area contributed by atoms with Gasteiger partial charge in [-0.15, -0.1) is 0 Å². The maximum Gasteiger partial charge on any atom is 0.221 e. The number of anilines is 1. The van der Waals surface area contributed by atoms with Crippen molar-refractivity contribution in [3.8, 4) is 5.88 Å². The number of ether oxygens (including phenoxy) is 1. The van der Waals surface area contributed by atoms with Crippen molar-refractivity contribution in [1.29, 1.82) is 0 Å². The van der Waals surface area contributed by atoms with Crippen LogP contribution in [0.3, 0.4) is 0 Å². The summed E-state index contributed by atoms with van der Waals surface area (Å²) < 4.78 is 7.26. The zero-order valence-corrected chi connectivity index (χ0v) is 10.8. The summed E-state index contributed by atoms with van der Waals surface area (Å²) in [5.41, 5.74) is 2.01. The van der Waals surface area contributed by atoms with Gasteiger partial charge in [-0.1, -0.05) is 0 Å². The van der Waals surface area contributed by atoms with E-state index < -0.39 is 0 Å². The molecule has 0 aliphatic carbocycles. The number of aryl methyl sites for hydroxylation is 1. The lowest BCUT2D eigenvalue weighted by Crippen LogP contribution is -2.09. The topological polar surface area (TPSA) is 64.9 Å². The minimum atomic E-state index is 0.596. The van der Waals surface area contributed by atoms with Crippen molar-refractivity contribution in [3.63, 3.8) is 0 Å². The van der Waals surface area contributed by atoms with Crippen LogP contribution in [0.2, 0.25) is 0 Å². The lowest BCUT2D eigenvalue weighted by molar-refractivity contribution is 0.324. The van der Waals surface area contributed by atoms with Crippen LogP contribution in [-0.4, -0.2) is 26.4 Å². The molecule has 1 N–H and O–H groups in total. The summed E-state index contributed by atoms with van der Waals surface area (Å²) in [7, 11) is 1.91. The molecule has 6 nitrogen and oxygen atoms in total. The summed E-state index contributed by atoms with van der Waals surface area (Å²) in [4.78, 5) is 8.32. The zero-order valence-electron chi connectivity index (χ0n) is 10.8. The van der Waals surface area contributed by atoms with Crippen molar-refractivity contribution in [2.24, 2.45) is 7.05 Å². The van der Waals surface area contributed by atoms with Gasteiger partial charge >= 0.3 is 0 Å². The number of rotatable bonds is 5. The van der Waals surface area contributed by atoms with Gasteiger partial charge in [0.15, 0.2) is 0 Å². The maximum absolute atomic E-state index is 5.43. The van der Waals surface area contributed by atoms with E-state index in [9.17, 15) is 0 Å². The van der Waals surface area contributed by atoms with Gasteiger partial charge in [0.05, 0.1) is 24.4 Å². The van der Waals surface area contributed by atoms with Gasteiger partial charge in [0.25, 0.3) is 0 Å². The van der Waals surface area contributed by atoms with E-state index in [4.69, 9.17) is 4.74 Å². The molecule has 0 unspecified atom stereocenters. The van der Waals surface area contributed by atoms with E-state index in [1.54, 1.807) is 6.20 Å². The van der Waals surface area contributed by atoms with Crippen LogP contribution >= 0.6 is 0 Å². The Labute approximate surface area is 106 Å². The molecule has 0 aliphatic rings. The second-order valence-electron chi connectivity index (χ2n) is 3.89. The van der Waals surface area contributed by atoms with E-state index in [-0.39, 0.29) is 0 Å². The third-order valence-corrected chi connectivity index (χ3v) is 2.68. The molecular formula is C12H17N5O. The Hall–Kier alpha value is -2.11. The molecular weight excluding hydrogens is 230 g/mol. The Morgan fingerprint density at radius 2 is 2.22 bits per heavy atom. The Morgan fingerprint density at radius 3 is 2.89 bits per heavy atom. The normalized spacial score (nSPS) is 10.4. The van der Waals surface area contributed by atoms with E-state index in [1.165, 1.54) is 6.33 Å². The van der Waals surface area contributed by atoms with Gasteiger partial charge in [0.1, 0.15) is 12.1 Å². The smallest absolute Gasteiger partial charge is 0.221 e. The van der Waals surface area contributed by atoms with E-state index >= 15 is 0 Å². The predicted octanol–water partition coefficient (Wildman–Crippen LogP) is 1.53. The van der Waals surface area contributed by atoms with Crippen molar-refractivity contribution in [2.45, 2.75) is 20.4 Å². The van der Waals surface area contributed by atoms with Crippen LogP contribution in [0.25, 0.3) is 0 Å². The molecule has 0 aliphatic heterocycles. The SMILES string of the molecule is CCOc1ncnc(NCc2ccnn2C)c1C. The van der Waals surface area contributed by atoms with Crippen LogP contribution in [-0.2, 0) is 13.6 Å². The maximum atomic E-state index is 5.43. The first-order valence-electron chi connectivity index (χ1n) is 5.87. The van der Waals surface area contributed by atoms with Crippen molar-refractivity contribution in [2.75, 3.05) is 11.9 Å². The molecule has 2 aromatic rings. The van der Waals surface area contributed by atoms with Crippen LogP contribution in [0.15, 0.2) is 18.6 Å². The molecule has 0 saturated heterocycles. The zero-order chi connectivity index (χ0) is 13.0. The highest BCUT2D eigenvalue weighted by Gasteiger charge is 2.08. The second kappa shape index (κ2) is 5.48. The first kappa shape index (κ1) is 12.3. The van der Waals surface area contributed by atoms with Crippen molar-refractivity contribution < 1.29 is 4.74 Å². The Bertz CT molecular complexity index is 523. The molecule has 0 aromatic carbocycles. The van der Waals surface area contributed by atoms with Crippen molar-refractivity contribution in [3.05, 3.63) is 29.8 Å². The lowest BCUT2D eigenvalue weighted by atomic mass is 10.3. The highest BCUT2D eigenvalue weighted by Crippen LogP contribution is 2.20. The van der Waals surface area contributed by atoms with Gasteiger partial charge in [-0.2, -0.15) is 5.10 Å². The summed E-state index contributed by atoms with van der Waals surface area (Å²) in [5, 5.41) is 7.38. The van der Waals surface area contributed by atoms with Gasteiger partial charge < -0.3 is 10.1 Å². The Kier molecular flexibility index (Phi) is 3.76. The highest BCUT2D eigenvalue weighted by atomic mass is 16.5. The lowest BCUT2D eigenvalue weighted by Gasteiger charge is -2.11. The highest BCUT2D eigenvalue weighted by molar-refractivity contribution is 5.47. The first-order chi connectivity index (χ1) is 8.72. The average Bonchev–Trinajstić information content (AvgIpc) is 2.76. The molecule has 0 amide bonds. The summed E-state index contributed by atoms with van der Waals surface area (Å²) in [5.74, 6) is 1.41. The molecule has 6 heteroatoms. The molecule has 2 rings (SSSR count). The molecule has 2 aromatic heterocycles. The fourth-order valence-corrected chi connectivity index (χ4v) is 1.64. The van der Waals surface area contributed by atoms with Crippen molar-refractivity contribution >= 4 is 5.82 Å². The molecule has 0 spiro atoms. The van der Waals surface area contributed by atoms with Crippen LogP contribution in [0.4, 0.5) is 5.82 Å². The fraction of sp³-hybridized carbons (Fsp3) is 0.417. The third kappa shape index (κ3) is 2.58. The summed E-state index contributed by atoms with van der Waals surface area (Å²) in [6, 6.07) is 1.97. The van der Waals surface area contributed by atoms with Crippen LogP contribution in [0.1, 0.15) is 18.2 Å². The first-order valence-corrected chi connectivity index (χ1v) is 5.87. The second-order valence-corrected chi connectivity index (χ2v) is 3.89. The molecule has 2 heterocycles. The van der Waals surface area contributed by atoms with Crippen LogP contribution in [0, 0.1) is 6.92 Å². The molecule has 0 bridgehead atoms. The summed E-state index contributed by atoms with van der Waals surface area (Å²) in [6.07, 6.45) is 3.28. The number of nitrogens with one attached hydrogen (secondary N) is 1. The third-order valence-electron chi connectivity index (χ3n) is 2.68. The van der Waals surface area contributed by atoms with Gasteiger partial charge in [-0.3, -0.25) is 4.68 Å². The van der Waals surface area contributed by atoms with E-state index in [0.29, 0.717) is 19.0 Å². The minimum Gasteiger partial charge on any atom is -0.478 e. The Balaban J connectivity index is 2.10. The number of aromatic nitrogens is 4.